The van der Waals surface area contributed by atoms with Crippen molar-refractivity contribution in [2.75, 3.05) is 6.26 Å². The van der Waals surface area contributed by atoms with Gasteiger partial charge in [-0.2, -0.15) is 11.8 Å². The fourth-order valence-corrected chi connectivity index (χ4v) is 1.95. The number of rotatable bonds is 5. The summed E-state index contributed by atoms with van der Waals surface area (Å²) in [6, 6.07) is 7.56. The Balaban J connectivity index is 2.79. The first-order valence-electron chi connectivity index (χ1n) is 6.30. The van der Waals surface area contributed by atoms with Crippen molar-refractivity contribution in [1.29, 1.82) is 0 Å². The zero-order valence-corrected chi connectivity index (χ0v) is 13.1. The van der Waals surface area contributed by atoms with E-state index in [0.29, 0.717) is 5.56 Å². The average molecular weight is 281 g/mol. The molecule has 1 rings (SSSR count). The van der Waals surface area contributed by atoms with E-state index in [1.165, 1.54) is 5.56 Å². The number of hydrogen-bond acceptors (Lipinski definition) is 3. The van der Waals surface area contributed by atoms with Crippen LogP contribution in [0.4, 0.5) is 0 Å². The standard InChI is InChI=1S/C15H23NO2S/c1-14(2,15(3,4)18)16-13(17)12-8-6-11(7-9-12)10-19-5/h6-9,18H,10H2,1-5H3,(H,16,17). The number of hydrogen-bond donors (Lipinski definition) is 2. The van der Waals surface area contributed by atoms with E-state index in [1.54, 1.807) is 25.6 Å². The molecule has 0 aliphatic carbocycles. The fraction of sp³-hybridized carbons (Fsp3) is 0.533. The predicted octanol–water partition coefficient (Wildman–Crippen LogP) is 2.83. The monoisotopic (exact) mass is 281 g/mol. The number of thioether (sulfide) groups is 1. The molecule has 0 heterocycles. The maximum absolute atomic E-state index is 12.1. The van der Waals surface area contributed by atoms with Crippen LogP contribution in [-0.2, 0) is 5.75 Å². The van der Waals surface area contributed by atoms with E-state index in [4.69, 9.17) is 0 Å². The second-order valence-electron chi connectivity index (χ2n) is 5.77. The van der Waals surface area contributed by atoms with Gasteiger partial charge in [-0.3, -0.25) is 4.79 Å². The molecule has 0 bridgehead atoms. The Morgan fingerprint density at radius 3 is 2.16 bits per heavy atom. The van der Waals surface area contributed by atoms with Gasteiger partial charge >= 0.3 is 0 Å². The molecule has 3 nitrogen and oxygen atoms in total. The molecule has 19 heavy (non-hydrogen) atoms. The number of benzene rings is 1. The van der Waals surface area contributed by atoms with Crippen LogP contribution in [0.5, 0.6) is 0 Å². The van der Waals surface area contributed by atoms with Gasteiger partial charge in [-0.05, 0) is 51.6 Å². The van der Waals surface area contributed by atoms with Crippen molar-refractivity contribution in [3.8, 4) is 0 Å². The van der Waals surface area contributed by atoms with Gasteiger partial charge in [0, 0.05) is 11.3 Å². The molecule has 0 unspecified atom stereocenters. The third kappa shape index (κ3) is 4.25. The molecule has 0 spiro atoms. The molecule has 0 aliphatic heterocycles. The number of carbonyl (C=O) groups excluding carboxylic acids is 1. The lowest BCUT2D eigenvalue weighted by Crippen LogP contribution is -2.57. The second kappa shape index (κ2) is 5.97. The smallest absolute Gasteiger partial charge is 0.251 e. The van der Waals surface area contributed by atoms with Crippen molar-refractivity contribution in [2.45, 2.75) is 44.6 Å². The first kappa shape index (κ1) is 16.1. The average Bonchev–Trinajstić information content (AvgIpc) is 2.28. The van der Waals surface area contributed by atoms with Gasteiger partial charge in [-0.1, -0.05) is 12.1 Å². The minimum Gasteiger partial charge on any atom is -0.388 e. The highest BCUT2D eigenvalue weighted by Crippen LogP contribution is 2.21. The Morgan fingerprint density at radius 2 is 1.74 bits per heavy atom. The van der Waals surface area contributed by atoms with Crippen LogP contribution in [0, 0.1) is 0 Å². The molecule has 106 valence electrons. The second-order valence-corrected chi connectivity index (χ2v) is 6.63. The summed E-state index contributed by atoms with van der Waals surface area (Å²) in [7, 11) is 0. The Labute approximate surface area is 119 Å². The van der Waals surface area contributed by atoms with Gasteiger partial charge in [0.2, 0.25) is 0 Å². The van der Waals surface area contributed by atoms with Gasteiger partial charge in [0.25, 0.3) is 5.91 Å². The molecule has 0 aliphatic rings. The van der Waals surface area contributed by atoms with Gasteiger partial charge in [-0.25, -0.2) is 0 Å². The van der Waals surface area contributed by atoms with Gasteiger partial charge in [-0.15, -0.1) is 0 Å². The third-order valence-corrected chi connectivity index (χ3v) is 4.10. The first-order chi connectivity index (χ1) is 8.67. The van der Waals surface area contributed by atoms with Gasteiger partial charge in [0.05, 0.1) is 11.1 Å². The predicted molar refractivity (Wildman–Crippen MR) is 81.5 cm³/mol. The molecule has 0 radical (unpaired) electrons. The summed E-state index contributed by atoms with van der Waals surface area (Å²) in [5, 5.41) is 12.9. The highest BCUT2D eigenvalue weighted by Gasteiger charge is 2.36. The topological polar surface area (TPSA) is 49.3 Å². The highest BCUT2D eigenvalue weighted by molar-refractivity contribution is 7.97. The molecule has 0 saturated carbocycles. The molecule has 1 aromatic rings. The lowest BCUT2D eigenvalue weighted by molar-refractivity contribution is -0.00292. The van der Waals surface area contributed by atoms with Crippen molar-refractivity contribution in [1.82, 2.24) is 5.32 Å². The lowest BCUT2D eigenvalue weighted by Gasteiger charge is -2.38. The summed E-state index contributed by atoms with van der Waals surface area (Å²) >= 11 is 1.75. The SMILES string of the molecule is CSCc1ccc(C(=O)NC(C)(C)C(C)(C)O)cc1. The maximum atomic E-state index is 12.1. The minimum absolute atomic E-state index is 0.164. The van der Waals surface area contributed by atoms with Crippen molar-refractivity contribution < 1.29 is 9.90 Å². The van der Waals surface area contributed by atoms with Crippen molar-refractivity contribution >= 4 is 17.7 Å². The van der Waals surface area contributed by atoms with Crippen LogP contribution in [0.15, 0.2) is 24.3 Å². The molecule has 0 atom stereocenters. The van der Waals surface area contributed by atoms with E-state index in [-0.39, 0.29) is 5.91 Å². The van der Waals surface area contributed by atoms with E-state index in [2.05, 4.69) is 5.32 Å². The number of nitrogens with one attached hydrogen (secondary N) is 1. The zero-order chi connectivity index (χ0) is 14.7. The van der Waals surface area contributed by atoms with E-state index < -0.39 is 11.1 Å². The number of carbonyl (C=O) groups is 1. The normalized spacial score (nSPS) is 12.3. The molecule has 1 amide bonds. The van der Waals surface area contributed by atoms with E-state index in [0.717, 1.165) is 5.75 Å². The van der Waals surface area contributed by atoms with Crippen molar-refractivity contribution in [3.05, 3.63) is 35.4 Å². The largest absolute Gasteiger partial charge is 0.388 e. The van der Waals surface area contributed by atoms with Crippen molar-refractivity contribution in [3.63, 3.8) is 0 Å². The highest BCUT2D eigenvalue weighted by atomic mass is 32.2. The molecule has 0 saturated heterocycles. The zero-order valence-electron chi connectivity index (χ0n) is 12.3. The Kier molecular flexibility index (Phi) is 5.04. The van der Waals surface area contributed by atoms with Crippen LogP contribution in [-0.4, -0.2) is 28.4 Å². The number of aliphatic hydroxyl groups is 1. The van der Waals surface area contributed by atoms with Crippen LogP contribution in [0.25, 0.3) is 0 Å². The van der Waals surface area contributed by atoms with Crippen LogP contribution >= 0.6 is 11.8 Å². The molecule has 1 aromatic carbocycles. The van der Waals surface area contributed by atoms with Crippen LogP contribution < -0.4 is 5.32 Å². The van der Waals surface area contributed by atoms with Gasteiger partial charge in [0.1, 0.15) is 0 Å². The van der Waals surface area contributed by atoms with Crippen LogP contribution in [0.1, 0.15) is 43.6 Å². The Hall–Kier alpha value is -1.00. The van der Waals surface area contributed by atoms with Gasteiger partial charge in [0.15, 0.2) is 0 Å². The van der Waals surface area contributed by atoms with E-state index >= 15 is 0 Å². The molecule has 2 N–H and O–H groups in total. The molecular weight excluding hydrogens is 258 g/mol. The molecular formula is C15H23NO2S. The Bertz CT molecular complexity index is 432. The quantitative estimate of drug-likeness (QED) is 0.872. The maximum Gasteiger partial charge on any atom is 0.251 e. The summed E-state index contributed by atoms with van der Waals surface area (Å²) in [5.74, 6) is 0.777. The first-order valence-corrected chi connectivity index (χ1v) is 7.69. The Morgan fingerprint density at radius 1 is 1.21 bits per heavy atom. The summed E-state index contributed by atoms with van der Waals surface area (Å²) < 4.78 is 0. The van der Waals surface area contributed by atoms with Crippen LogP contribution in [0.2, 0.25) is 0 Å². The number of amides is 1. The summed E-state index contributed by atoms with van der Waals surface area (Å²) in [4.78, 5) is 12.1. The van der Waals surface area contributed by atoms with Gasteiger partial charge < -0.3 is 10.4 Å². The van der Waals surface area contributed by atoms with E-state index in [1.807, 2.05) is 44.4 Å². The van der Waals surface area contributed by atoms with E-state index in [9.17, 15) is 9.90 Å². The molecule has 4 heteroatoms. The molecule has 0 fully saturated rings. The summed E-state index contributed by atoms with van der Waals surface area (Å²) in [6.07, 6.45) is 2.05. The van der Waals surface area contributed by atoms with Crippen molar-refractivity contribution in [2.24, 2.45) is 0 Å². The minimum atomic E-state index is -0.985. The lowest BCUT2D eigenvalue weighted by atomic mass is 9.85. The fourth-order valence-electron chi connectivity index (χ4n) is 1.43. The van der Waals surface area contributed by atoms with Crippen LogP contribution in [0.3, 0.4) is 0 Å². The summed E-state index contributed by atoms with van der Waals surface area (Å²) in [6.45, 7) is 7.00. The third-order valence-electron chi connectivity index (χ3n) is 3.48. The summed E-state index contributed by atoms with van der Waals surface area (Å²) in [5.41, 5.74) is 0.136. The molecule has 0 aromatic heterocycles.